The van der Waals surface area contributed by atoms with Crippen LogP contribution in [0.4, 0.5) is 0 Å². The maximum atomic E-state index is 12.2. The lowest BCUT2D eigenvalue weighted by molar-refractivity contribution is -0.173. The summed E-state index contributed by atoms with van der Waals surface area (Å²) in [4.78, 5) is 47.4. The highest BCUT2D eigenvalue weighted by Crippen LogP contribution is 2.49. The lowest BCUT2D eigenvalue weighted by Gasteiger charge is -2.24. The van der Waals surface area contributed by atoms with Gasteiger partial charge in [-0.05, 0) is 32.1 Å². The molecule has 0 amide bonds. The maximum Gasteiger partial charge on any atom is 0.330 e. The molecular formula is C15H20N2O6. The third kappa shape index (κ3) is 3.48. The number of nitrogens with two attached hydrogens (primary N) is 2. The van der Waals surface area contributed by atoms with E-state index >= 15 is 0 Å². The van der Waals surface area contributed by atoms with Crippen LogP contribution in [0.3, 0.4) is 0 Å². The molecule has 23 heavy (non-hydrogen) atoms. The summed E-state index contributed by atoms with van der Waals surface area (Å²) in [6.45, 7) is 2.78. The molecule has 0 aromatic rings. The van der Waals surface area contributed by atoms with Crippen LogP contribution in [-0.4, -0.2) is 36.0 Å². The molecule has 0 spiro atoms. The molecule has 8 nitrogen and oxygen atoms in total. The Hall–Kier alpha value is -2.06. The molecule has 0 heterocycles. The van der Waals surface area contributed by atoms with Gasteiger partial charge in [-0.1, -0.05) is 12.2 Å². The first-order valence-electron chi connectivity index (χ1n) is 7.43. The molecule has 6 unspecified atom stereocenters. The first kappa shape index (κ1) is 17.3. The van der Waals surface area contributed by atoms with Gasteiger partial charge in [0.25, 0.3) is 0 Å². The summed E-state index contributed by atoms with van der Waals surface area (Å²) >= 11 is 0. The molecule has 0 aromatic carbocycles. The van der Waals surface area contributed by atoms with Crippen molar-refractivity contribution in [3.8, 4) is 0 Å². The molecule has 1 fully saturated rings. The summed E-state index contributed by atoms with van der Waals surface area (Å²) in [5.41, 5.74) is 10.7. The van der Waals surface area contributed by atoms with E-state index in [0.29, 0.717) is 6.42 Å². The molecular weight excluding hydrogens is 304 g/mol. The van der Waals surface area contributed by atoms with Crippen molar-refractivity contribution >= 4 is 23.9 Å². The SMILES string of the molecule is CC(N)C(=O)OC(=O)C1C2C=CC(C2)C1C(=O)OC(=O)C(C)N. The Labute approximate surface area is 133 Å². The van der Waals surface area contributed by atoms with E-state index in [1.807, 2.05) is 12.2 Å². The number of rotatable bonds is 4. The van der Waals surface area contributed by atoms with Crippen molar-refractivity contribution in [1.29, 1.82) is 0 Å². The summed E-state index contributed by atoms with van der Waals surface area (Å²) in [5.74, 6) is -5.53. The lowest BCUT2D eigenvalue weighted by Crippen LogP contribution is -2.40. The molecule has 2 rings (SSSR count). The quantitative estimate of drug-likeness (QED) is 0.391. The highest BCUT2D eigenvalue weighted by Gasteiger charge is 2.54. The highest BCUT2D eigenvalue weighted by atomic mass is 16.6. The molecule has 1 saturated carbocycles. The fraction of sp³-hybridized carbons (Fsp3) is 0.600. The number of allylic oxidation sites excluding steroid dienone is 2. The van der Waals surface area contributed by atoms with Gasteiger partial charge in [-0.2, -0.15) is 0 Å². The van der Waals surface area contributed by atoms with E-state index < -0.39 is 47.8 Å². The van der Waals surface area contributed by atoms with Crippen LogP contribution in [0.1, 0.15) is 20.3 Å². The predicted molar refractivity (Wildman–Crippen MR) is 77.2 cm³/mol. The van der Waals surface area contributed by atoms with Crippen molar-refractivity contribution in [2.24, 2.45) is 35.1 Å². The van der Waals surface area contributed by atoms with Gasteiger partial charge in [0.1, 0.15) is 12.1 Å². The molecule has 8 heteroatoms. The summed E-state index contributed by atoms with van der Waals surface area (Å²) in [6.07, 6.45) is 4.19. The first-order chi connectivity index (χ1) is 10.7. The summed E-state index contributed by atoms with van der Waals surface area (Å²) in [5, 5.41) is 0. The van der Waals surface area contributed by atoms with Crippen LogP contribution < -0.4 is 11.5 Å². The summed E-state index contributed by atoms with van der Waals surface area (Å²) < 4.78 is 9.45. The number of carbonyl (C=O) groups is 4. The predicted octanol–water partition coefficient (Wildman–Crippen LogP) is -0.741. The first-order valence-corrected chi connectivity index (χ1v) is 7.43. The molecule has 2 aliphatic carbocycles. The second-order valence-electron chi connectivity index (χ2n) is 6.06. The number of carbonyl (C=O) groups excluding carboxylic acids is 4. The minimum atomic E-state index is -0.946. The highest BCUT2D eigenvalue weighted by molar-refractivity contribution is 5.95. The molecule has 2 bridgehead atoms. The van der Waals surface area contributed by atoms with Gasteiger partial charge in [-0.3, -0.25) is 9.59 Å². The zero-order chi connectivity index (χ0) is 17.3. The average Bonchev–Trinajstić information content (AvgIpc) is 3.07. The van der Waals surface area contributed by atoms with E-state index in [4.69, 9.17) is 20.9 Å². The van der Waals surface area contributed by atoms with Crippen molar-refractivity contribution in [3.63, 3.8) is 0 Å². The van der Waals surface area contributed by atoms with Crippen LogP contribution in [0, 0.1) is 23.7 Å². The van der Waals surface area contributed by atoms with Crippen molar-refractivity contribution in [3.05, 3.63) is 12.2 Å². The largest absolute Gasteiger partial charge is 0.392 e. The van der Waals surface area contributed by atoms with Crippen LogP contribution in [-0.2, 0) is 28.7 Å². The molecule has 0 aromatic heterocycles. The zero-order valence-electron chi connectivity index (χ0n) is 12.9. The van der Waals surface area contributed by atoms with E-state index in [1.54, 1.807) is 0 Å². The van der Waals surface area contributed by atoms with Gasteiger partial charge in [-0.15, -0.1) is 0 Å². The van der Waals surface area contributed by atoms with Crippen LogP contribution >= 0.6 is 0 Å². The Kier molecular flexibility index (Phi) is 4.96. The lowest BCUT2D eigenvalue weighted by atomic mass is 9.83. The zero-order valence-corrected chi connectivity index (χ0v) is 12.9. The number of ether oxygens (including phenoxy) is 2. The van der Waals surface area contributed by atoms with Crippen molar-refractivity contribution in [2.45, 2.75) is 32.4 Å². The van der Waals surface area contributed by atoms with Gasteiger partial charge >= 0.3 is 23.9 Å². The summed E-state index contributed by atoms with van der Waals surface area (Å²) in [7, 11) is 0. The third-order valence-corrected chi connectivity index (χ3v) is 4.15. The minimum absolute atomic E-state index is 0.226. The standard InChI is InChI=1S/C15H20N2O6/c1-6(16)12(18)22-14(20)10-8-3-4-9(5-8)11(10)15(21)23-13(19)7(2)17/h3-4,6-11H,5,16-17H2,1-2H3. The third-order valence-electron chi connectivity index (χ3n) is 4.15. The Balaban J connectivity index is 2.12. The molecule has 126 valence electrons. The second kappa shape index (κ2) is 6.59. The molecule has 4 N–H and O–H groups in total. The number of hydrogen-bond donors (Lipinski definition) is 2. The van der Waals surface area contributed by atoms with E-state index in [-0.39, 0.29) is 11.8 Å². The van der Waals surface area contributed by atoms with Crippen LogP contribution in [0.25, 0.3) is 0 Å². The number of fused-ring (bicyclic) bond motifs is 2. The van der Waals surface area contributed by atoms with E-state index in [2.05, 4.69) is 0 Å². The fourth-order valence-electron chi connectivity index (χ4n) is 2.99. The Morgan fingerprint density at radius 3 is 1.52 bits per heavy atom. The topological polar surface area (TPSA) is 139 Å². The average molecular weight is 324 g/mol. The van der Waals surface area contributed by atoms with Gasteiger partial charge in [0, 0.05) is 0 Å². The van der Waals surface area contributed by atoms with Gasteiger partial charge in [0.15, 0.2) is 0 Å². The Morgan fingerprint density at radius 1 is 0.870 bits per heavy atom. The molecule has 0 radical (unpaired) electrons. The van der Waals surface area contributed by atoms with Crippen LogP contribution in [0.2, 0.25) is 0 Å². The number of hydrogen-bond acceptors (Lipinski definition) is 8. The normalized spacial score (nSPS) is 30.6. The monoisotopic (exact) mass is 324 g/mol. The molecule has 0 aliphatic heterocycles. The smallest absolute Gasteiger partial charge is 0.330 e. The van der Waals surface area contributed by atoms with Crippen molar-refractivity contribution in [2.75, 3.05) is 0 Å². The van der Waals surface area contributed by atoms with E-state index in [1.165, 1.54) is 13.8 Å². The minimum Gasteiger partial charge on any atom is -0.392 e. The second-order valence-corrected chi connectivity index (χ2v) is 6.06. The van der Waals surface area contributed by atoms with Crippen LogP contribution in [0.5, 0.6) is 0 Å². The van der Waals surface area contributed by atoms with E-state index in [9.17, 15) is 19.2 Å². The van der Waals surface area contributed by atoms with Gasteiger partial charge in [0.2, 0.25) is 0 Å². The van der Waals surface area contributed by atoms with Crippen LogP contribution in [0.15, 0.2) is 12.2 Å². The van der Waals surface area contributed by atoms with Gasteiger partial charge in [0.05, 0.1) is 11.8 Å². The van der Waals surface area contributed by atoms with Gasteiger partial charge in [-0.25, -0.2) is 9.59 Å². The summed E-state index contributed by atoms with van der Waals surface area (Å²) in [6, 6.07) is -1.89. The maximum absolute atomic E-state index is 12.2. The van der Waals surface area contributed by atoms with Crippen molar-refractivity contribution in [1.82, 2.24) is 0 Å². The fourth-order valence-corrected chi connectivity index (χ4v) is 2.99. The molecule has 6 atom stereocenters. The van der Waals surface area contributed by atoms with E-state index in [0.717, 1.165) is 0 Å². The van der Waals surface area contributed by atoms with Crippen molar-refractivity contribution < 1.29 is 28.7 Å². The Morgan fingerprint density at radius 2 is 1.22 bits per heavy atom. The molecule has 0 saturated heterocycles. The number of esters is 4. The molecule has 2 aliphatic rings. The Bertz CT molecular complexity index is 520. The van der Waals surface area contributed by atoms with Gasteiger partial charge < -0.3 is 20.9 Å².